The van der Waals surface area contributed by atoms with E-state index in [2.05, 4.69) is 4.74 Å². The molecule has 0 aliphatic heterocycles. The molecule has 1 aromatic carbocycles. The molecule has 5 heteroatoms. The number of benzene rings is 1. The van der Waals surface area contributed by atoms with E-state index in [0.717, 1.165) is 5.56 Å². The monoisotopic (exact) mass is 249 g/mol. The Bertz CT molecular complexity index is 445. The first-order valence-corrected chi connectivity index (χ1v) is 5.39. The van der Waals surface area contributed by atoms with Crippen LogP contribution in [0.4, 0.5) is 0 Å². The highest BCUT2D eigenvalue weighted by molar-refractivity contribution is 5.78. The van der Waals surface area contributed by atoms with Gasteiger partial charge in [-0.15, -0.1) is 0 Å². The summed E-state index contributed by atoms with van der Waals surface area (Å²) in [4.78, 5) is 11.2. The van der Waals surface area contributed by atoms with Gasteiger partial charge < -0.3 is 14.6 Å². The number of carbonyl (C=O) groups is 1. The second-order valence-corrected chi connectivity index (χ2v) is 4.03. The summed E-state index contributed by atoms with van der Waals surface area (Å²) in [6.45, 7) is 1.13. The van der Waals surface area contributed by atoms with E-state index in [1.807, 2.05) is 6.07 Å². The van der Waals surface area contributed by atoms with E-state index >= 15 is 0 Å². The maximum Gasteiger partial charge on any atom is 0.341 e. The van der Waals surface area contributed by atoms with E-state index < -0.39 is 11.6 Å². The molecule has 1 rings (SSSR count). The number of rotatable bonds is 5. The molecule has 18 heavy (non-hydrogen) atoms. The molecule has 5 nitrogen and oxygen atoms in total. The number of ether oxygens (including phenoxy) is 2. The number of nitrogens with zero attached hydrogens (tertiary/aromatic N) is 1. The summed E-state index contributed by atoms with van der Waals surface area (Å²) in [5, 5.41) is 18.3. The molecular weight excluding hydrogens is 234 g/mol. The van der Waals surface area contributed by atoms with E-state index in [1.165, 1.54) is 14.0 Å². The largest absolute Gasteiger partial charge is 0.490 e. The van der Waals surface area contributed by atoms with Crippen LogP contribution in [0.2, 0.25) is 0 Å². The van der Waals surface area contributed by atoms with E-state index in [0.29, 0.717) is 12.2 Å². The van der Waals surface area contributed by atoms with Crippen LogP contribution in [-0.2, 0) is 16.0 Å². The normalized spacial score (nSPS) is 13.2. The Kier molecular flexibility index (Phi) is 4.69. The van der Waals surface area contributed by atoms with Crippen molar-refractivity contribution in [2.75, 3.05) is 13.7 Å². The van der Waals surface area contributed by atoms with Gasteiger partial charge in [0.05, 0.1) is 19.6 Å². The highest BCUT2D eigenvalue weighted by atomic mass is 16.6. The molecule has 0 saturated carbocycles. The topological polar surface area (TPSA) is 79.6 Å². The summed E-state index contributed by atoms with van der Waals surface area (Å²) in [5.74, 6) is -0.232. The van der Waals surface area contributed by atoms with Gasteiger partial charge in [0.25, 0.3) is 0 Å². The van der Waals surface area contributed by atoms with Gasteiger partial charge in [0, 0.05) is 0 Å². The molecule has 0 aromatic heterocycles. The first kappa shape index (κ1) is 14.0. The highest BCUT2D eigenvalue weighted by Crippen LogP contribution is 2.15. The molecule has 96 valence electrons. The Morgan fingerprint density at radius 1 is 1.44 bits per heavy atom. The van der Waals surface area contributed by atoms with Gasteiger partial charge >= 0.3 is 5.97 Å². The van der Waals surface area contributed by atoms with E-state index in [4.69, 9.17) is 10.00 Å². The van der Waals surface area contributed by atoms with E-state index in [9.17, 15) is 9.90 Å². The molecule has 0 heterocycles. The van der Waals surface area contributed by atoms with Crippen molar-refractivity contribution < 1.29 is 19.4 Å². The van der Waals surface area contributed by atoms with Crippen LogP contribution >= 0.6 is 0 Å². The Hall–Kier alpha value is -2.06. The molecule has 0 saturated heterocycles. The van der Waals surface area contributed by atoms with Gasteiger partial charge in [-0.3, -0.25) is 0 Å². The number of carbonyl (C=O) groups excluding carboxylic acids is 1. The lowest BCUT2D eigenvalue weighted by atomic mass is 10.1. The average Bonchev–Trinajstić information content (AvgIpc) is 2.37. The molecule has 1 unspecified atom stereocenters. The van der Waals surface area contributed by atoms with Crippen molar-refractivity contribution in [2.45, 2.75) is 18.9 Å². The van der Waals surface area contributed by atoms with Gasteiger partial charge in [0.15, 0.2) is 5.60 Å². The van der Waals surface area contributed by atoms with Crippen LogP contribution in [0.5, 0.6) is 5.75 Å². The first-order chi connectivity index (χ1) is 8.49. The number of esters is 1. The van der Waals surface area contributed by atoms with Gasteiger partial charge in [-0.25, -0.2) is 4.79 Å². The Labute approximate surface area is 106 Å². The summed E-state index contributed by atoms with van der Waals surface area (Å²) in [5.41, 5.74) is -0.801. The second kappa shape index (κ2) is 6.03. The Morgan fingerprint density at radius 3 is 2.56 bits per heavy atom. The maximum atomic E-state index is 11.2. The van der Waals surface area contributed by atoms with Crippen LogP contribution < -0.4 is 4.74 Å². The van der Waals surface area contributed by atoms with Crippen molar-refractivity contribution in [3.8, 4) is 11.8 Å². The standard InChI is InChI=1S/C13H15NO4/c1-13(16,12(15)17-2)9-18-11-5-3-10(4-6-11)7-8-14/h3-6,16H,7,9H2,1-2H3. The molecule has 1 N–H and O–H groups in total. The minimum absolute atomic E-state index is 0.197. The average molecular weight is 249 g/mol. The third kappa shape index (κ3) is 3.75. The van der Waals surface area contributed by atoms with E-state index in [1.54, 1.807) is 24.3 Å². The molecule has 0 spiro atoms. The zero-order valence-electron chi connectivity index (χ0n) is 10.3. The smallest absolute Gasteiger partial charge is 0.341 e. The molecule has 0 aliphatic rings. The van der Waals surface area contributed by atoms with Crippen molar-refractivity contribution in [3.05, 3.63) is 29.8 Å². The van der Waals surface area contributed by atoms with Crippen LogP contribution in [0, 0.1) is 11.3 Å². The predicted molar refractivity (Wildman–Crippen MR) is 63.9 cm³/mol. The third-order valence-electron chi connectivity index (χ3n) is 2.35. The van der Waals surface area contributed by atoms with Gasteiger partial charge in [-0.05, 0) is 24.6 Å². The SMILES string of the molecule is COC(=O)C(C)(O)COc1ccc(CC#N)cc1. The zero-order valence-corrected chi connectivity index (χ0v) is 10.3. The van der Waals surface area contributed by atoms with Gasteiger partial charge in [0.2, 0.25) is 0 Å². The van der Waals surface area contributed by atoms with Gasteiger partial charge in [0.1, 0.15) is 12.4 Å². The lowest BCUT2D eigenvalue weighted by Gasteiger charge is -2.20. The fraction of sp³-hybridized carbons (Fsp3) is 0.385. The fourth-order valence-corrected chi connectivity index (χ4v) is 1.30. The Morgan fingerprint density at radius 2 is 2.06 bits per heavy atom. The molecule has 0 amide bonds. The summed E-state index contributed by atoms with van der Waals surface area (Å²) in [7, 11) is 1.20. The van der Waals surface area contributed by atoms with Crippen molar-refractivity contribution in [2.24, 2.45) is 0 Å². The first-order valence-electron chi connectivity index (χ1n) is 5.39. The third-order valence-corrected chi connectivity index (χ3v) is 2.35. The second-order valence-electron chi connectivity index (χ2n) is 4.03. The van der Waals surface area contributed by atoms with Gasteiger partial charge in [-0.2, -0.15) is 5.26 Å². The van der Waals surface area contributed by atoms with Crippen molar-refractivity contribution in [1.82, 2.24) is 0 Å². The summed E-state index contributed by atoms with van der Waals surface area (Å²) in [6, 6.07) is 8.91. The molecule has 1 atom stereocenters. The molecule has 0 radical (unpaired) electrons. The summed E-state index contributed by atoms with van der Waals surface area (Å²) in [6.07, 6.45) is 0.333. The molecular formula is C13H15NO4. The maximum absolute atomic E-state index is 11.2. The Balaban J connectivity index is 2.59. The number of hydrogen-bond donors (Lipinski definition) is 1. The van der Waals surface area contributed by atoms with Crippen molar-refractivity contribution >= 4 is 5.97 Å². The number of nitriles is 1. The number of hydrogen-bond acceptors (Lipinski definition) is 5. The summed E-state index contributed by atoms with van der Waals surface area (Å²) >= 11 is 0. The minimum atomic E-state index is -1.68. The number of methoxy groups -OCH3 is 1. The highest BCUT2D eigenvalue weighted by Gasteiger charge is 2.32. The van der Waals surface area contributed by atoms with Crippen LogP contribution in [0.3, 0.4) is 0 Å². The molecule has 0 aliphatic carbocycles. The lowest BCUT2D eigenvalue weighted by Crippen LogP contribution is -2.42. The van der Waals surface area contributed by atoms with Crippen LogP contribution in [-0.4, -0.2) is 30.4 Å². The summed E-state index contributed by atoms with van der Waals surface area (Å²) < 4.78 is 9.74. The van der Waals surface area contributed by atoms with Crippen LogP contribution in [0.25, 0.3) is 0 Å². The minimum Gasteiger partial charge on any atom is -0.490 e. The molecule has 0 bridgehead atoms. The van der Waals surface area contributed by atoms with E-state index in [-0.39, 0.29) is 6.61 Å². The van der Waals surface area contributed by atoms with Gasteiger partial charge in [-0.1, -0.05) is 12.1 Å². The quantitative estimate of drug-likeness (QED) is 0.789. The lowest BCUT2D eigenvalue weighted by molar-refractivity contribution is -0.163. The zero-order chi connectivity index (χ0) is 13.6. The van der Waals surface area contributed by atoms with Crippen molar-refractivity contribution in [3.63, 3.8) is 0 Å². The van der Waals surface area contributed by atoms with Crippen molar-refractivity contribution in [1.29, 1.82) is 5.26 Å². The fourth-order valence-electron chi connectivity index (χ4n) is 1.30. The molecule has 0 fully saturated rings. The number of aliphatic hydroxyl groups is 1. The predicted octanol–water partition coefficient (Wildman–Crippen LogP) is 1.06. The van der Waals surface area contributed by atoms with Crippen LogP contribution in [0.15, 0.2) is 24.3 Å². The molecule has 1 aromatic rings. The van der Waals surface area contributed by atoms with Crippen LogP contribution in [0.1, 0.15) is 12.5 Å².